The van der Waals surface area contributed by atoms with Gasteiger partial charge in [-0.15, -0.1) is 98.2 Å². The van der Waals surface area contributed by atoms with Crippen molar-refractivity contribution in [2.24, 2.45) is 29.6 Å². The Labute approximate surface area is 285 Å². The van der Waals surface area contributed by atoms with E-state index in [1.54, 1.807) is 6.42 Å². The maximum Gasteiger partial charge on any atom is 0.00780 e. The summed E-state index contributed by atoms with van der Waals surface area (Å²) in [6.45, 7) is 6.66. The molecule has 236 valence electrons. The molecular weight excluding hydrogens is 860 g/mol. The lowest BCUT2D eigenvalue weighted by atomic mass is 9.52. The third-order valence-corrected chi connectivity index (χ3v) is 69.6. The van der Waals surface area contributed by atoms with Gasteiger partial charge in [0.05, 0.1) is 0 Å². The summed E-state index contributed by atoms with van der Waals surface area (Å²) < 4.78 is 0. The van der Waals surface area contributed by atoms with Gasteiger partial charge in [0.15, 0.2) is 0 Å². The Morgan fingerprint density at radius 2 is 1.40 bits per heavy atom. The summed E-state index contributed by atoms with van der Waals surface area (Å²) in [6.07, 6.45) is 10.6. The number of hydrogen-bond acceptors (Lipinski definition) is 0. The second-order valence-corrected chi connectivity index (χ2v) is 64.1. The number of hydrogen-bond donors (Lipinski definition) is 0. The Morgan fingerprint density at radius 3 is 1.90 bits per heavy atom. The van der Waals surface area contributed by atoms with Gasteiger partial charge in [-0.05, 0) is 118 Å². The molecule has 0 aromatic rings. The Hall–Kier alpha value is 8.60. The van der Waals surface area contributed by atoms with E-state index in [1.807, 2.05) is 13.8 Å². The highest BCUT2D eigenvalue weighted by atomic mass is 32.9. The first-order valence-corrected chi connectivity index (χ1v) is 46.8. The van der Waals surface area contributed by atoms with Gasteiger partial charge in [0.2, 0.25) is 0 Å². The van der Waals surface area contributed by atoms with Crippen LogP contribution in [0.5, 0.6) is 0 Å². The molecule has 0 aromatic heterocycles. The molecule has 4 fully saturated rings. The first-order chi connectivity index (χ1) is 18.9. The van der Waals surface area contributed by atoms with E-state index >= 15 is 0 Å². The molecule has 4 aliphatic carbocycles. The van der Waals surface area contributed by atoms with Crippen molar-refractivity contribution in [2.75, 3.05) is 0 Å². The van der Waals surface area contributed by atoms with Crippen molar-refractivity contribution in [3.05, 3.63) is 0 Å². The van der Waals surface area contributed by atoms with E-state index < -0.39 is 0 Å². The van der Waals surface area contributed by atoms with Gasteiger partial charge in [-0.3, -0.25) is 0 Å². The zero-order valence-corrected chi connectivity index (χ0v) is 45.2. The van der Waals surface area contributed by atoms with Crippen LogP contribution in [0.1, 0.15) is 65.7 Å². The van der Waals surface area contributed by atoms with Crippen LogP contribution < -0.4 is 0 Å². The van der Waals surface area contributed by atoms with Gasteiger partial charge in [-0.25, -0.2) is 0 Å². The molecule has 40 heavy (non-hydrogen) atoms. The van der Waals surface area contributed by atoms with Crippen LogP contribution in [0.2, 0.25) is 0 Å². The third kappa shape index (κ3) is 8.53. The molecule has 0 radical (unpaired) electrons. The van der Waals surface area contributed by atoms with Crippen LogP contribution in [0, 0.1) is 29.6 Å². The van der Waals surface area contributed by atoms with E-state index in [0.717, 1.165) is 70.8 Å². The number of fused-ring (bicyclic) bond motifs is 5. The first-order valence-electron chi connectivity index (χ1n) is 14.1. The highest BCUT2D eigenvalue weighted by Crippen LogP contribution is 2.95. The molecule has 0 nitrogen and oxygen atoms in total. The van der Waals surface area contributed by atoms with Gasteiger partial charge in [0, 0.05) is 5.16 Å². The molecule has 0 aliphatic heterocycles. The molecule has 4 aliphatic rings. The lowest BCUT2D eigenvalue weighted by Gasteiger charge is -2.68. The topological polar surface area (TPSA) is 0 Å². The van der Waals surface area contributed by atoms with Crippen molar-refractivity contribution in [3.8, 4) is 0 Å². The van der Waals surface area contributed by atoms with Gasteiger partial charge in [0.1, 0.15) is 0 Å². The minimum Gasteiger partial charge on any atom is -0.114 e. The molecule has 20 heteroatoms. The Bertz CT molecular complexity index is 802. The van der Waals surface area contributed by atoms with Crippen LogP contribution in [0.15, 0.2) is 0 Å². The molecule has 0 heterocycles. The maximum absolute atomic E-state index is 3.48. The van der Waals surface area contributed by atoms with Gasteiger partial charge in [-0.2, -0.15) is 0 Å². The van der Waals surface area contributed by atoms with Crippen molar-refractivity contribution in [1.29, 1.82) is 0 Å². The van der Waals surface area contributed by atoms with Crippen molar-refractivity contribution in [3.63, 3.8) is 0 Å². The average Bonchev–Trinajstić information content (AvgIpc) is 3.35. The monoisotopic (exact) mass is 916 g/mol. The van der Waals surface area contributed by atoms with E-state index in [0.29, 0.717) is 10.3 Å². The summed E-state index contributed by atoms with van der Waals surface area (Å²) in [5.74, 6) is 4.80. The molecule has 27 atom stereocenters. The first kappa shape index (κ1) is 43.0. The van der Waals surface area contributed by atoms with E-state index in [9.17, 15) is 0 Å². The van der Waals surface area contributed by atoms with Crippen LogP contribution >= 0.6 is 166 Å². The molecule has 0 aromatic carbocycles. The zero-order chi connectivity index (χ0) is 30.2. The molecule has 4 saturated carbocycles. The Balaban J connectivity index is 0.00000216. The maximum atomic E-state index is 3.48. The number of rotatable bonds is 9. The van der Waals surface area contributed by atoms with Crippen LogP contribution in [-0.2, 0) is 0 Å². The summed E-state index contributed by atoms with van der Waals surface area (Å²) in [6, 6.07) is 0. The normalized spacial score (nSPS) is 44.3. The quantitative estimate of drug-likeness (QED) is 0.202. The van der Waals surface area contributed by atoms with Crippen molar-refractivity contribution in [2.45, 2.75) is 93.0 Å². The fraction of sp³-hybridized carbons (Fsp3) is 1.00. The van der Waals surface area contributed by atoms with Gasteiger partial charge < -0.3 is 0 Å². The second kappa shape index (κ2) is 19.6. The fourth-order valence-corrected chi connectivity index (χ4v) is 58.6. The fourth-order valence-electron chi connectivity index (χ4n) is 9.13. The molecule has 0 bridgehead atoms. The molecule has 0 spiro atoms. The van der Waals surface area contributed by atoms with Gasteiger partial charge in [0.25, 0.3) is 0 Å². The summed E-state index contributed by atoms with van der Waals surface area (Å²) in [5.41, 5.74) is 2.88. The summed E-state index contributed by atoms with van der Waals surface area (Å²) >= 11 is 0. The lowest BCUT2D eigenvalue weighted by molar-refractivity contribution is 0.00645. The second-order valence-electron chi connectivity index (χ2n) is 11.6. The lowest BCUT2D eigenvalue weighted by Crippen LogP contribution is -2.64. The van der Waals surface area contributed by atoms with Gasteiger partial charge >= 0.3 is 0 Å². The van der Waals surface area contributed by atoms with E-state index in [1.165, 1.54) is 38.5 Å². The van der Waals surface area contributed by atoms with Crippen LogP contribution in [0.4, 0.5) is 0 Å². The molecule has 0 amide bonds. The minimum absolute atomic E-state index is 0.00248. The highest BCUT2D eigenvalue weighted by molar-refractivity contribution is 8.87. The highest BCUT2D eigenvalue weighted by Gasteiger charge is 2.67. The Kier molecular flexibility index (Phi) is 21.1. The molecule has 4 rings (SSSR count). The third-order valence-electron chi connectivity index (χ3n) is 10.5. The standard InChI is InChI=1S/C18H50P20.C2H6/c1-9-4-6-17(30-19)11-5-7-18(36(24)25)12(2-3-14(18)34(23)37(26)27)10(11)8-13(33(22)31-20)15(17)16(9)35(32-21)38(28)29;1-2/h9-16,30-32H,2-8,19-29H2,1H3;1-2H3. The van der Waals surface area contributed by atoms with Gasteiger partial charge in [-0.1, -0.05) is 66.9 Å². The molecule has 27 unspecified atom stereocenters. The zero-order valence-electron chi connectivity index (χ0n) is 24.1. The summed E-state index contributed by atoms with van der Waals surface area (Å²) in [4.78, 5) is 0. The van der Waals surface area contributed by atoms with E-state index in [2.05, 4.69) is 105 Å². The average molecular weight is 916 g/mol. The van der Waals surface area contributed by atoms with Crippen molar-refractivity contribution >= 4 is 166 Å². The smallest absolute Gasteiger partial charge is 0.00780 e. The predicted molar refractivity (Wildman–Crippen MR) is 257 cm³/mol. The van der Waals surface area contributed by atoms with Crippen LogP contribution in [0.25, 0.3) is 0 Å². The largest absolute Gasteiger partial charge is 0.114 e. The SMILES string of the molecule is CC.CC1CCC2(PP)C3CCC4(P(P)P)C(CCC4P(P)P(P)P)C3CC(P(P)PP)C2C1P(PP)P(P)P. The van der Waals surface area contributed by atoms with Crippen molar-refractivity contribution < 1.29 is 0 Å². The van der Waals surface area contributed by atoms with Crippen LogP contribution in [-0.4, -0.2) is 27.3 Å². The molecule has 0 N–H and O–H groups in total. The minimum atomic E-state index is -0.0981. The molecule has 0 saturated heterocycles. The van der Waals surface area contributed by atoms with Crippen molar-refractivity contribution in [1.82, 2.24) is 0 Å². The molecular formula is C20H56P20. The van der Waals surface area contributed by atoms with E-state index in [4.69, 9.17) is 0 Å². The summed E-state index contributed by atoms with van der Waals surface area (Å²) in [7, 11) is 39.8. The Morgan fingerprint density at radius 1 is 0.750 bits per heavy atom. The van der Waals surface area contributed by atoms with Crippen LogP contribution in [0.3, 0.4) is 0 Å². The summed E-state index contributed by atoms with van der Waals surface area (Å²) in [5, 5.41) is 1.18. The predicted octanol–water partition coefficient (Wildman–Crippen LogP) is 14.8. The van der Waals surface area contributed by atoms with E-state index in [-0.39, 0.29) is 43.2 Å².